The highest BCUT2D eigenvalue weighted by Crippen LogP contribution is 2.22. The second-order valence-corrected chi connectivity index (χ2v) is 7.06. The van der Waals surface area contributed by atoms with E-state index >= 15 is 0 Å². The maximum Gasteiger partial charge on any atom is 0.127 e. The summed E-state index contributed by atoms with van der Waals surface area (Å²) in [5.41, 5.74) is 4.42. The van der Waals surface area contributed by atoms with Crippen LogP contribution in [0.15, 0.2) is 36.8 Å². The maximum atomic E-state index is 4.71. The Bertz CT molecular complexity index is 875. The SMILES string of the molecule is Cc1cc(C)cc(-n2ncc(CN3CCNCC3c3nccn3C)n2)c1. The molecule has 3 aromatic rings. The second-order valence-electron chi connectivity index (χ2n) is 7.06. The van der Waals surface area contributed by atoms with Gasteiger partial charge < -0.3 is 9.88 Å². The lowest BCUT2D eigenvalue weighted by molar-refractivity contribution is 0.143. The van der Waals surface area contributed by atoms with Gasteiger partial charge in [0.2, 0.25) is 0 Å². The molecule has 4 rings (SSSR count). The van der Waals surface area contributed by atoms with Crippen LogP contribution in [0.3, 0.4) is 0 Å². The van der Waals surface area contributed by atoms with E-state index in [1.807, 2.05) is 25.6 Å². The second kappa shape index (κ2) is 7.01. The van der Waals surface area contributed by atoms with E-state index in [-0.39, 0.29) is 6.04 Å². The molecule has 0 amide bonds. The van der Waals surface area contributed by atoms with Crippen molar-refractivity contribution < 1.29 is 0 Å². The van der Waals surface area contributed by atoms with Crippen LogP contribution in [0.4, 0.5) is 0 Å². The lowest BCUT2D eigenvalue weighted by Gasteiger charge is -2.35. The first-order chi connectivity index (χ1) is 12.6. The van der Waals surface area contributed by atoms with Gasteiger partial charge in [-0.3, -0.25) is 4.90 Å². The number of aryl methyl sites for hydroxylation is 3. The van der Waals surface area contributed by atoms with E-state index in [1.165, 1.54) is 11.1 Å². The first-order valence-electron chi connectivity index (χ1n) is 9.02. The third-order valence-corrected chi connectivity index (χ3v) is 4.85. The normalized spacial score (nSPS) is 18.3. The number of benzene rings is 1. The number of hydrogen-bond donors (Lipinski definition) is 1. The Morgan fingerprint density at radius 2 is 2.00 bits per heavy atom. The van der Waals surface area contributed by atoms with Crippen molar-refractivity contribution in [1.82, 2.24) is 34.8 Å². The van der Waals surface area contributed by atoms with Crippen molar-refractivity contribution in [2.45, 2.75) is 26.4 Å². The number of imidazole rings is 1. The zero-order valence-electron chi connectivity index (χ0n) is 15.6. The number of hydrogen-bond acceptors (Lipinski definition) is 5. The van der Waals surface area contributed by atoms with E-state index in [9.17, 15) is 0 Å². The van der Waals surface area contributed by atoms with E-state index in [0.29, 0.717) is 0 Å². The van der Waals surface area contributed by atoms with Crippen LogP contribution < -0.4 is 5.32 Å². The molecule has 7 heteroatoms. The maximum absolute atomic E-state index is 4.71. The number of nitrogens with one attached hydrogen (secondary N) is 1. The van der Waals surface area contributed by atoms with Gasteiger partial charge in [-0.1, -0.05) is 6.07 Å². The Labute approximate surface area is 153 Å². The summed E-state index contributed by atoms with van der Waals surface area (Å²) in [5, 5.41) is 12.7. The van der Waals surface area contributed by atoms with E-state index < -0.39 is 0 Å². The standard InChI is InChI=1S/C19H25N7/c1-14-8-15(2)10-17(9-14)26-22-11-16(23-26)13-25-7-4-20-12-18(25)19-21-5-6-24(19)3/h5-6,8-11,18,20H,4,7,12-13H2,1-3H3. The summed E-state index contributed by atoms with van der Waals surface area (Å²) in [6.07, 6.45) is 5.73. The lowest BCUT2D eigenvalue weighted by atomic mass is 10.1. The fourth-order valence-electron chi connectivity index (χ4n) is 3.65. The molecule has 1 fully saturated rings. The molecule has 0 aliphatic carbocycles. The van der Waals surface area contributed by atoms with Gasteiger partial charge in [-0.15, -0.1) is 0 Å². The van der Waals surface area contributed by atoms with Crippen LogP contribution >= 0.6 is 0 Å². The van der Waals surface area contributed by atoms with Crippen molar-refractivity contribution in [3.05, 3.63) is 59.4 Å². The van der Waals surface area contributed by atoms with Crippen molar-refractivity contribution in [3.63, 3.8) is 0 Å². The lowest BCUT2D eigenvalue weighted by Crippen LogP contribution is -2.46. The molecule has 0 spiro atoms. The predicted octanol–water partition coefficient (Wildman–Crippen LogP) is 1.76. The molecule has 1 unspecified atom stereocenters. The van der Waals surface area contributed by atoms with Gasteiger partial charge in [0.1, 0.15) is 5.82 Å². The Morgan fingerprint density at radius 3 is 2.73 bits per heavy atom. The van der Waals surface area contributed by atoms with Crippen LogP contribution in [0.1, 0.15) is 28.7 Å². The summed E-state index contributed by atoms with van der Waals surface area (Å²) in [5.74, 6) is 1.08. The molecule has 1 atom stereocenters. The van der Waals surface area contributed by atoms with Crippen LogP contribution in [-0.2, 0) is 13.6 Å². The molecule has 0 bridgehead atoms. The van der Waals surface area contributed by atoms with Crippen molar-refractivity contribution in [1.29, 1.82) is 0 Å². The molecule has 7 nitrogen and oxygen atoms in total. The smallest absolute Gasteiger partial charge is 0.127 e. The van der Waals surface area contributed by atoms with Crippen LogP contribution in [0.2, 0.25) is 0 Å². The molecule has 1 aliphatic rings. The van der Waals surface area contributed by atoms with Gasteiger partial charge >= 0.3 is 0 Å². The third-order valence-electron chi connectivity index (χ3n) is 4.85. The summed E-state index contributed by atoms with van der Waals surface area (Å²) in [6.45, 7) is 7.80. The van der Waals surface area contributed by atoms with Crippen molar-refractivity contribution in [3.8, 4) is 5.69 Å². The van der Waals surface area contributed by atoms with E-state index in [1.54, 1.807) is 4.80 Å². The number of rotatable bonds is 4. The number of nitrogens with zero attached hydrogens (tertiary/aromatic N) is 6. The van der Waals surface area contributed by atoms with Gasteiger partial charge in [0, 0.05) is 45.6 Å². The van der Waals surface area contributed by atoms with Gasteiger partial charge in [0.15, 0.2) is 0 Å². The third kappa shape index (κ3) is 3.40. The average Bonchev–Trinajstić information content (AvgIpc) is 3.24. The Kier molecular flexibility index (Phi) is 4.57. The highest BCUT2D eigenvalue weighted by molar-refractivity contribution is 5.37. The summed E-state index contributed by atoms with van der Waals surface area (Å²) in [6, 6.07) is 6.62. The van der Waals surface area contributed by atoms with E-state index in [0.717, 1.165) is 43.4 Å². The van der Waals surface area contributed by atoms with Crippen molar-refractivity contribution in [2.75, 3.05) is 19.6 Å². The van der Waals surface area contributed by atoms with Crippen LogP contribution in [0.25, 0.3) is 5.69 Å². The van der Waals surface area contributed by atoms with Gasteiger partial charge in [-0.2, -0.15) is 15.0 Å². The predicted molar refractivity (Wildman–Crippen MR) is 100 cm³/mol. The van der Waals surface area contributed by atoms with Crippen LogP contribution in [-0.4, -0.2) is 49.1 Å². The molecular weight excluding hydrogens is 326 g/mol. The van der Waals surface area contributed by atoms with Crippen LogP contribution in [0.5, 0.6) is 0 Å². The van der Waals surface area contributed by atoms with E-state index in [4.69, 9.17) is 5.10 Å². The molecule has 1 aliphatic heterocycles. The van der Waals surface area contributed by atoms with Gasteiger partial charge in [0.05, 0.1) is 23.6 Å². The molecular formula is C19H25N7. The first-order valence-corrected chi connectivity index (χ1v) is 9.02. The Morgan fingerprint density at radius 1 is 1.19 bits per heavy atom. The summed E-state index contributed by atoms with van der Waals surface area (Å²) < 4.78 is 2.09. The molecule has 1 N–H and O–H groups in total. The van der Waals surface area contributed by atoms with Gasteiger partial charge in [-0.25, -0.2) is 4.98 Å². The fraction of sp³-hybridized carbons (Fsp3) is 0.421. The largest absolute Gasteiger partial charge is 0.337 e. The van der Waals surface area contributed by atoms with E-state index in [2.05, 4.69) is 56.9 Å². The highest BCUT2D eigenvalue weighted by atomic mass is 15.5. The summed E-state index contributed by atoms with van der Waals surface area (Å²) in [4.78, 5) is 8.70. The van der Waals surface area contributed by atoms with Crippen molar-refractivity contribution in [2.24, 2.45) is 7.05 Å². The summed E-state index contributed by atoms with van der Waals surface area (Å²) >= 11 is 0. The summed E-state index contributed by atoms with van der Waals surface area (Å²) in [7, 11) is 2.05. The monoisotopic (exact) mass is 351 g/mol. The topological polar surface area (TPSA) is 63.8 Å². The Hall–Kier alpha value is -2.51. The number of piperazine rings is 1. The molecule has 1 saturated heterocycles. The minimum Gasteiger partial charge on any atom is -0.337 e. The first kappa shape index (κ1) is 16.9. The van der Waals surface area contributed by atoms with Gasteiger partial charge in [-0.05, 0) is 37.1 Å². The number of aromatic nitrogens is 5. The highest BCUT2D eigenvalue weighted by Gasteiger charge is 2.27. The average molecular weight is 351 g/mol. The molecule has 1 aromatic carbocycles. The zero-order valence-corrected chi connectivity index (χ0v) is 15.6. The molecule has 136 valence electrons. The molecule has 2 aromatic heterocycles. The Balaban J connectivity index is 1.55. The zero-order chi connectivity index (χ0) is 18.1. The fourth-order valence-corrected chi connectivity index (χ4v) is 3.65. The molecule has 26 heavy (non-hydrogen) atoms. The molecule has 0 saturated carbocycles. The molecule has 3 heterocycles. The quantitative estimate of drug-likeness (QED) is 0.776. The molecule has 0 radical (unpaired) electrons. The van der Waals surface area contributed by atoms with Gasteiger partial charge in [0.25, 0.3) is 0 Å². The minimum absolute atomic E-state index is 0.245. The van der Waals surface area contributed by atoms with Crippen molar-refractivity contribution >= 4 is 0 Å². The minimum atomic E-state index is 0.245. The van der Waals surface area contributed by atoms with Crippen LogP contribution in [0, 0.1) is 13.8 Å².